The van der Waals surface area contributed by atoms with Gasteiger partial charge < -0.3 is 9.73 Å². The van der Waals surface area contributed by atoms with E-state index in [1.54, 1.807) is 0 Å². The van der Waals surface area contributed by atoms with E-state index in [1.807, 2.05) is 24.3 Å². The zero-order chi connectivity index (χ0) is 12.4. The predicted molar refractivity (Wildman–Crippen MR) is 80.6 cm³/mol. The van der Waals surface area contributed by atoms with E-state index in [4.69, 9.17) is 16.0 Å². The lowest BCUT2D eigenvalue weighted by Gasteiger charge is -2.07. The van der Waals surface area contributed by atoms with Crippen LogP contribution in [0.25, 0.3) is 0 Å². The van der Waals surface area contributed by atoms with Crippen molar-refractivity contribution in [3.8, 4) is 0 Å². The van der Waals surface area contributed by atoms with Crippen LogP contribution in [0, 0.1) is 0 Å². The summed E-state index contributed by atoms with van der Waals surface area (Å²) >= 11 is 16.1. The third-order valence-corrected chi connectivity index (χ3v) is 5.21. The number of hydrogen-bond donors (Lipinski definition) is 1. The maximum absolute atomic E-state index is 6.00. The topological polar surface area (TPSA) is 25.2 Å². The third-order valence-electron chi connectivity index (χ3n) is 2.10. The van der Waals surface area contributed by atoms with Crippen LogP contribution in [0.4, 0.5) is 5.69 Å². The van der Waals surface area contributed by atoms with Crippen molar-refractivity contribution < 1.29 is 4.42 Å². The zero-order valence-electron chi connectivity index (χ0n) is 8.44. The zero-order valence-corrected chi connectivity index (χ0v) is 14.0. The van der Waals surface area contributed by atoms with Gasteiger partial charge in [-0.25, -0.2) is 0 Å². The van der Waals surface area contributed by atoms with Gasteiger partial charge >= 0.3 is 0 Å². The molecule has 6 heteroatoms. The minimum Gasteiger partial charge on any atom is -0.451 e. The molecule has 1 aromatic heterocycles. The van der Waals surface area contributed by atoms with Crippen LogP contribution in [-0.2, 0) is 6.54 Å². The Kier molecular flexibility index (Phi) is 4.58. The molecule has 1 N–H and O–H groups in total. The summed E-state index contributed by atoms with van der Waals surface area (Å²) in [6.07, 6.45) is 0. The van der Waals surface area contributed by atoms with Crippen LogP contribution in [0.1, 0.15) is 5.76 Å². The van der Waals surface area contributed by atoms with Gasteiger partial charge in [0.25, 0.3) is 0 Å². The Labute approximate surface area is 129 Å². The first-order chi connectivity index (χ1) is 8.08. The third kappa shape index (κ3) is 3.28. The molecule has 1 heterocycles. The van der Waals surface area contributed by atoms with E-state index in [0.29, 0.717) is 16.2 Å². The standard InChI is InChI=1S/C11H7Br3ClNO/c12-7-4-6(17-11(7)14)5-16-9-3-1-2-8(15)10(9)13/h1-4,16H,5H2. The largest absolute Gasteiger partial charge is 0.451 e. The molecule has 0 saturated heterocycles. The molecule has 0 aliphatic carbocycles. The summed E-state index contributed by atoms with van der Waals surface area (Å²) in [4.78, 5) is 0. The van der Waals surface area contributed by atoms with Crippen LogP contribution in [0.5, 0.6) is 0 Å². The van der Waals surface area contributed by atoms with Crippen LogP contribution in [0.3, 0.4) is 0 Å². The molecule has 0 atom stereocenters. The van der Waals surface area contributed by atoms with E-state index >= 15 is 0 Å². The normalized spacial score (nSPS) is 10.6. The minimum absolute atomic E-state index is 0.586. The molecule has 0 fully saturated rings. The van der Waals surface area contributed by atoms with Crippen molar-refractivity contribution in [3.63, 3.8) is 0 Å². The maximum atomic E-state index is 6.00. The van der Waals surface area contributed by atoms with Gasteiger partial charge in [-0.05, 0) is 66.0 Å². The van der Waals surface area contributed by atoms with Crippen molar-refractivity contribution in [2.75, 3.05) is 5.32 Å². The second-order valence-corrected chi connectivity index (χ2v) is 6.06. The van der Waals surface area contributed by atoms with Gasteiger partial charge in [0.1, 0.15) is 5.76 Å². The van der Waals surface area contributed by atoms with E-state index in [1.165, 1.54) is 0 Å². The van der Waals surface area contributed by atoms with Crippen molar-refractivity contribution in [2.45, 2.75) is 6.54 Å². The molecule has 17 heavy (non-hydrogen) atoms. The van der Waals surface area contributed by atoms with E-state index in [-0.39, 0.29) is 0 Å². The minimum atomic E-state index is 0.586. The van der Waals surface area contributed by atoms with Gasteiger partial charge in [-0.3, -0.25) is 0 Å². The van der Waals surface area contributed by atoms with Crippen LogP contribution in [0.15, 0.2) is 42.3 Å². The van der Waals surface area contributed by atoms with Crippen molar-refractivity contribution in [1.29, 1.82) is 0 Å². The average molecular weight is 444 g/mol. The summed E-state index contributed by atoms with van der Waals surface area (Å²) in [7, 11) is 0. The van der Waals surface area contributed by atoms with Crippen LogP contribution >= 0.6 is 59.4 Å². The summed E-state index contributed by atoms with van der Waals surface area (Å²) in [6.45, 7) is 0.586. The molecule has 1 aromatic carbocycles. The molecule has 2 rings (SSSR count). The second-order valence-electron chi connectivity index (χ2n) is 3.29. The van der Waals surface area contributed by atoms with Crippen molar-refractivity contribution >= 4 is 65.1 Å². The first-order valence-corrected chi connectivity index (χ1v) is 7.45. The lowest BCUT2D eigenvalue weighted by atomic mass is 10.3. The Morgan fingerprint density at radius 1 is 1.24 bits per heavy atom. The van der Waals surface area contributed by atoms with Gasteiger partial charge in [-0.1, -0.05) is 17.7 Å². The number of furan rings is 1. The van der Waals surface area contributed by atoms with E-state index in [9.17, 15) is 0 Å². The summed E-state index contributed by atoms with van der Waals surface area (Å²) in [5, 5.41) is 3.92. The molecule has 2 nitrogen and oxygen atoms in total. The molecule has 0 bridgehead atoms. The van der Waals surface area contributed by atoms with Crippen molar-refractivity contribution in [3.05, 3.63) is 48.7 Å². The molecule has 0 aliphatic rings. The molecular formula is C11H7Br3ClNO. The molecule has 0 unspecified atom stereocenters. The quantitative estimate of drug-likeness (QED) is 0.644. The predicted octanol–water partition coefficient (Wildman–Crippen LogP) is 5.83. The highest BCUT2D eigenvalue weighted by molar-refractivity contribution is 9.13. The summed E-state index contributed by atoms with van der Waals surface area (Å²) in [5.74, 6) is 0.829. The van der Waals surface area contributed by atoms with E-state index in [0.717, 1.165) is 20.4 Å². The van der Waals surface area contributed by atoms with Gasteiger partial charge in [-0.15, -0.1) is 0 Å². The van der Waals surface area contributed by atoms with Gasteiger partial charge in [0.15, 0.2) is 4.67 Å². The maximum Gasteiger partial charge on any atom is 0.183 e. The lowest BCUT2D eigenvalue weighted by Crippen LogP contribution is -1.98. The van der Waals surface area contributed by atoms with Gasteiger partial charge in [0, 0.05) is 0 Å². The monoisotopic (exact) mass is 441 g/mol. The molecular weight excluding hydrogens is 437 g/mol. The Morgan fingerprint density at radius 3 is 2.65 bits per heavy atom. The summed E-state index contributed by atoms with van der Waals surface area (Å²) in [6, 6.07) is 7.58. The van der Waals surface area contributed by atoms with Crippen molar-refractivity contribution in [2.24, 2.45) is 0 Å². The van der Waals surface area contributed by atoms with E-state index < -0.39 is 0 Å². The summed E-state index contributed by atoms with van der Waals surface area (Å²) in [5.41, 5.74) is 0.932. The highest BCUT2D eigenvalue weighted by atomic mass is 79.9. The fraction of sp³-hybridized carbons (Fsp3) is 0.0909. The number of hydrogen-bond acceptors (Lipinski definition) is 2. The van der Waals surface area contributed by atoms with Crippen LogP contribution in [0.2, 0.25) is 5.02 Å². The van der Waals surface area contributed by atoms with Crippen molar-refractivity contribution in [1.82, 2.24) is 0 Å². The highest BCUT2D eigenvalue weighted by Crippen LogP contribution is 2.31. The first-order valence-electron chi connectivity index (χ1n) is 4.69. The van der Waals surface area contributed by atoms with Crippen LogP contribution < -0.4 is 5.32 Å². The molecule has 0 aliphatic heterocycles. The fourth-order valence-corrected chi connectivity index (χ4v) is 2.54. The Balaban J connectivity index is 2.10. The molecule has 2 aromatic rings. The summed E-state index contributed by atoms with van der Waals surface area (Å²) < 4.78 is 7.91. The van der Waals surface area contributed by atoms with Crippen LogP contribution in [-0.4, -0.2) is 0 Å². The van der Waals surface area contributed by atoms with Gasteiger partial charge in [-0.2, -0.15) is 0 Å². The molecule has 0 radical (unpaired) electrons. The SMILES string of the molecule is Clc1cccc(NCc2cc(Br)c(Br)o2)c1Br. The fourth-order valence-electron chi connectivity index (χ4n) is 1.30. The molecule has 0 spiro atoms. The Hall–Kier alpha value is 0.0300. The molecule has 0 saturated carbocycles. The highest BCUT2D eigenvalue weighted by Gasteiger charge is 2.07. The number of anilines is 1. The number of rotatable bonds is 3. The van der Waals surface area contributed by atoms with Gasteiger partial charge in [0.05, 0.1) is 26.2 Å². The number of nitrogens with one attached hydrogen (secondary N) is 1. The van der Waals surface area contributed by atoms with E-state index in [2.05, 4.69) is 53.1 Å². The molecule has 90 valence electrons. The second kappa shape index (κ2) is 5.78. The Bertz CT molecular complexity index is 522. The number of halogens is 4. The molecule has 0 amide bonds. The average Bonchev–Trinajstić information content (AvgIpc) is 2.61. The smallest absolute Gasteiger partial charge is 0.183 e. The first kappa shape index (κ1) is 13.5. The Morgan fingerprint density at radius 2 is 2.00 bits per heavy atom. The van der Waals surface area contributed by atoms with Gasteiger partial charge in [0.2, 0.25) is 0 Å². The number of benzene rings is 1. The lowest BCUT2D eigenvalue weighted by molar-refractivity contribution is 0.494.